The Morgan fingerprint density at radius 1 is 1.64 bits per heavy atom. The van der Waals surface area contributed by atoms with E-state index >= 15 is 0 Å². The van der Waals surface area contributed by atoms with Gasteiger partial charge in [-0.25, -0.2) is 4.79 Å². The minimum absolute atomic E-state index is 0.0913. The van der Waals surface area contributed by atoms with Gasteiger partial charge in [-0.2, -0.15) is 0 Å². The molecule has 0 saturated heterocycles. The molecule has 1 aliphatic heterocycles. The van der Waals surface area contributed by atoms with E-state index in [0.29, 0.717) is 16.3 Å². The Hall–Kier alpha value is -1.36. The number of carbonyl (C=O) groups is 2. The first-order valence-corrected chi connectivity index (χ1v) is 5.03. The Labute approximate surface area is 84.9 Å². The Kier molecular flexibility index (Phi) is 2.25. The zero-order valence-corrected chi connectivity index (χ0v) is 8.44. The van der Waals surface area contributed by atoms with E-state index in [9.17, 15) is 9.59 Å². The van der Waals surface area contributed by atoms with Gasteiger partial charge in [-0.15, -0.1) is 11.3 Å². The molecule has 0 aliphatic carbocycles. The molecule has 0 fully saturated rings. The SMILES string of the molecule is COC(=O)c1cc2c(s1)C(=O)NCC2. The van der Waals surface area contributed by atoms with Gasteiger partial charge >= 0.3 is 5.97 Å². The zero-order valence-electron chi connectivity index (χ0n) is 7.62. The summed E-state index contributed by atoms with van der Waals surface area (Å²) >= 11 is 1.19. The van der Waals surface area contributed by atoms with Crippen molar-refractivity contribution in [1.82, 2.24) is 5.32 Å². The zero-order chi connectivity index (χ0) is 10.1. The molecule has 1 N–H and O–H groups in total. The molecule has 0 unspecified atom stereocenters. The third kappa shape index (κ3) is 1.39. The highest BCUT2D eigenvalue weighted by Crippen LogP contribution is 2.25. The van der Waals surface area contributed by atoms with Gasteiger partial charge in [-0.3, -0.25) is 4.79 Å². The number of nitrogens with one attached hydrogen (secondary N) is 1. The summed E-state index contributed by atoms with van der Waals surface area (Å²) in [6, 6.07) is 1.74. The molecular weight excluding hydrogens is 202 g/mol. The van der Waals surface area contributed by atoms with E-state index < -0.39 is 0 Å². The molecule has 1 amide bonds. The maximum Gasteiger partial charge on any atom is 0.348 e. The van der Waals surface area contributed by atoms with E-state index in [2.05, 4.69) is 10.1 Å². The van der Waals surface area contributed by atoms with Crippen LogP contribution in [0.4, 0.5) is 0 Å². The molecule has 5 heteroatoms. The van der Waals surface area contributed by atoms with Crippen molar-refractivity contribution in [1.29, 1.82) is 0 Å². The van der Waals surface area contributed by atoms with Crippen molar-refractivity contribution in [2.24, 2.45) is 0 Å². The second kappa shape index (κ2) is 3.42. The highest BCUT2D eigenvalue weighted by atomic mass is 32.1. The summed E-state index contributed by atoms with van der Waals surface area (Å²) in [6.45, 7) is 0.642. The quantitative estimate of drug-likeness (QED) is 0.700. The van der Waals surface area contributed by atoms with Gasteiger partial charge in [0.05, 0.1) is 12.0 Å². The smallest absolute Gasteiger partial charge is 0.348 e. The lowest BCUT2D eigenvalue weighted by molar-refractivity contribution is 0.0606. The van der Waals surface area contributed by atoms with Gasteiger partial charge in [-0.1, -0.05) is 0 Å². The van der Waals surface area contributed by atoms with E-state index in [1.54, 1.807) is 6.07 Å². The third-order valence-corrected chi connectivity index (χ3v) is 3.24. The average Bonchev–Trinajstić information content (AvgIpc) is 2.62. The van der Waals surface area contributed by atoms with Crippen molar-refractivity contribution in [3.05, 3.63) is 21.4 Å². The molecular formula is C9H9NO3S. The number of hydrogen-bond donors (Lipinski definition) is 1. The largest absolute Gasteiger partial charge is 0.465 e. The maximum atomic E-state index is 11.4. The fraction of sp³-hybridized carbons (Fsp3) is 0.333. The molecule has 14 heavy (non-hydrogen) atoms. The van der Waals surface area contributed by atoms with Crippen molar-refractivity contribution >= 4 is 23.2 Å². The molecule has 0 spiro atoms. The topological polar surface area (TPSA) is 55.4 Å². The van der Waals surface area contributed by atoms with Crippen LogP contribution < -0.4 is 5.32 Å². The standard InChI is InChI=1S/C9H9NO3S/c1-13-9(12)6-4-5-2-3-10-8(11)7(5)14-6/h4H,2-3H2,1H3,(H,10,11). The average molecular weight is 211 g/mol. The molecule has 1 aromatic rings. The number of hydrogen-bond acceptors (Lipinski definition) is 4. The van der Waals surface area contributed by atoms with Crippen molar-refractivity contribution < 1.29 is 14.3 Å². The van der Waals surface area contributed by atoms with Crippen LogP contribution in [0.15, 0.2) is 6.07 Å². The fourth-order valence-corrected chi connectivity index (χ4v) is 2.44. The second-order valence-electron chi connectivity index (χ2n) is 2.96. The van der Waals surface area contributed by atoms with Crippen molar-refractivity contribution in [3.63, 3.8) is 0 Å². The molecule has 0 bridgehead atoms. The summed E-state index contributed by atoms with van der Waals surface area (Å²) in [5.41, 5.74) is 0.944. The van der Waals surface area contributed by atoms with E-state index in [0.717, 1.165) is 12.0 Å². The first-order chi connectivity index (χ1) is 6.72. The number of esters is 1. The Morgan fingerprint density at radius 2 is 2.43 bits per heavy atom. The molecule has 0 saturated carbocycles. The Balaban J connectivity index is 2.40. The van der Waals surface area contributed by atoms with Crippen LogP contribution in [0.25, 0.3) is 0 Å². The van der Waals surface area contributed by atoms with Crippen molar-refractivity contribution in [2.45, 2.75) is 6.42 Å². The number of methoxy groups -OCH3 is 1. The van der Waals surface area contributed by atoms with E-state index in [1.807, 2.05) is 0 Å². The predicted octanol–water partition coefficient (Wildman–Crippen LogP) is 0.821. The molecule has 0 aromatic carbocycles. The first-order valence-electron chi connectivity index (χ1n) is 4.21. The van der Waals surface area contributed by atoms with Gasteiger partial charge in [0.15, 0.2) is 0 Å². The van der Waals surface area contributed by atoms with E-state index in [-0.39, 0.29) is 11.9 Å². The summed E-state index contributed by atoms with van der Waals surface area (Å²) in [5, 5.41) is 2.73. The fourth-order valence-electron chi connectivity index (χ4n) is 1.40. The molecule has 0 radical (unpaired) electrons. The second-order valence-corrected chi connectivity index (χ2v) is 4.01. The summed E-state index contributed by atoms with van der Waals surface area (Å²) in [7, 11) is 1.33. The highest BCUT2D eigenvalue weighted by Gasteiger charge is 2.22. The molecule has 4 nitrogen and oxygen atoms in total. The summed E-state index contributed by atoms with van der Waals surface area (Å²) < 4.78 is 4.59. The van der Waals surface area contributed by atoms with Crippen molar-refractivity contribution in [2.75, 3.05) is 13.7 Å². The van der Waals surface area contributed by atoms with E-state index in [4.69, 9.17) is 0 Å². The lowest BCUT2D eigenvalue weighted by Gasteiger charge is -2.10. The molecule has 2 heterocycles. The molecule has 0 atom stereocenters. The van der Waals surface area contributed by atoms with Crippen LogP contribution >= 0.6 is 11.3 Å². The van der Waals surface area contributed by atoms with E-state index in [1.165, 1.54) is 18.4 Å². The molecule has 2 rings (SSSR count). The van der Waals surface area contributed by atoms with Crippen LogP contribution in [0.5, 0.6) is 0 Å². The van der Waals surface area contributed by atoms with Crippen LogP contribution in [0, 0.1) is 0 Å². The Bertz CT molecular complexity index is 397. The van der Waals surface area contributed by atoms with Gasteiger partial charge in [-0.05, 0) is 18.1 Å². The molecule has 1 aliphatic rings. The number of ether oxygens (including phenoxy) is 1. The minimum Gasteiger partial charge on any atom is -0.465 e. The van der Waals surface area contributed by atoms with Crippen LogP contribution in [0.3, 0.4) is 0 Å². The number of amides is 1. The predicted molar refractivity (Wildman–Crippen MR) is 51.7 cm³/mol. The molecule has 1 aromatic heterocycles. The van der Waals surface area contributed by atoms with Gasteiger partial charge in [0.2, 0.25) is 0 Å². The number of rotatable bonds is 1. The van der Waals surface area contributed by atoms with Crippen LogP contribution in [0.1, 0.15) is 24.9 Å². The summed E-state index contributed by atoms with van der Waals surface area (Å²) in [6.07, 6.45) is 0.786. The van der Waals surface area contributed by atoms with Gasteiger partial charge in [0.1, 0.15) is 4.88 Å². The van der Waals surface area contributed by atoms with Crippen LogP contribution in [-0.2, 0) is 11.2 Å². The highest BCUT2D eigenvalue weighted by molar-refractivity contribution is 7.16. The lowest BCUT2D eigenvalue weighted by atomic mass is 10.1. The number of carbonyl (C=O) groups excluding carboxylic acids is 2. The van der Waals surface area contributed by atoms with Gasteiger partial charge < -0.3 is 10.1 Å². The van der Waals surface area contributed by atoms with Gasteiger partial charge in [0, 0.05) is 6.54 Å². The first kappa shape index (κ1) is 9.21. The third-order valence-electron chi connectivity index (χ3n) is 2.08. The lowest BCUT2D eigenvalue weighted by Crippen LogP contribution is -2.30. The monoisotopic (exact) mass is 211 g/mol. The summed E-state index contributed by atoms with van der Waals surface area (Å²) in [4.78, 5) is 23.7. The Morgan fingerprint density at radius 3 is 3.07 bits per heavy atom. The van der Waals surface area contributed by atoms with Crippen LogP contribution in [0.2, 0.25) is 0 Å². The molecule has 74 valence electrons. The van der Waals surface area contributed by atoms with Crippen LogP contribution in [-0.4, -0.2) is 25.5 Å². The maximum absolute atomic E-state index is 11.4. The minimum atomic E-state index is -0.378. The van der Waals surface area contributed by atoms with Gasteiger partial charge in [0.25, 0.3) is 5.91 Å². The normalized spacial score (nSPS) is 14.5. The van der Waals surface area contributed by atoms with Crippen molar-refractivity contribution in [3.8, 4) is 0 Å². The number of fused-ring (bicyclic) bond motifs is 1. The number of thiophene rings is 1. The summed E-state index contributed by atoms with van der Waals surface area (Å²) in [5.74, 6) is -0.469.